The predicted octanol–water partition coefficient (Wildman–Crippen LogP) is 3.44. The van der Waals surface area contributed by atoms with Gasteiger partial charge in [0.2, 0.25) is 0 Å². The smallest absolute Gasteiger partial charge is 0.349 e. The zero-order chi connectivity index (χ0) is 21.6. The summed E-state index contributed by atoms with van der Waals surface area (Å²) in [6, 6.07) is 6.00. The second-order valence-electron chi connectivity index (χ2n) is 8.11. The molecule has 0 amide bonds. The Kier molecular flexibility index (Phi) is 4.89. The van der Waals surface area contributed by atoms with E-state index in [0.717, 1.165) is 22.3 Å². The van der Waals surface area contributed by atoms with Crippen molar-refractivity contribution in [3.8, 4) is 5.69 Å². The number of aromatic amines is 2. The van der Waals surface area contributed by atoms with Crippen LogP contribution in [0.15, 0.2) is 40.2 Å². The first kappa shape index (κ1) is 19.8. The SMILES string of the molecule is Cc1cc(-n2nc(C)c(=O)[nH]c2=O)cc(C)c1Cc1cc2c(C(C)C)c[nH]c2cn1. The van der Waals surface area contributed by atoms with E-state index >= 15 is 0 Å². The van der Waals surface area contributed by atoms with Gasteiger partial charge in [-0.25, -0.2) is 4.79 Å². The van der Waals surface area contributed by atoms with Crippen molar-refractivity contribution in [1.82, 2.24) is 24.7 Å². The molecule has 0 spiro atoms. The molecule has 0 atom stereocenters. The van der Waals surface area contributed by atoms with E-state index in [2.05, 4.69) is 46.2 Å². The molecule has 2 N–H and O–H groups in total. The molecule has 0 bridgehead atoms. The van der Waals surface area contributed by atoms with Crippen LogP contribution in [0.4, 0.5) is 0 Å². The maximum Gasteiger partial charge on any atom is 0.349 e. The molecule has 154 valence electrons. The van der Waals surface area contributed by atoms with E-state index in [9.17, 15) is 9.59 Å². The number of hydrogen-bond acceptors (Lipinski definition) is 4. The number of H-pyrrole nitrogens is 2. The van der Waals surface area contributed by atoms with E-state index in [4.69, 9.17) is 0 Å². The number of aryl methyl sites for hydroxylation is 3. The topological polar surface area (TPSA) is 96.4 Å². The highest BCUT2D eigenvalue weighted by Gasteiger charge is 2.13. The molecule has 0 saturated heterocycles. The second-order valence-corrected chi connectivity index (χ2v) is 8.11. The molecular formula is C23H25N5O2. The number of hydrogen-bond donors (Lipinski definition) is 2. The minimum Gasteiger partial charge on any atom is -0.360 e. The third-order valence-electron chi connectivity index (χ3n) is 5.55. The van der Waals surface area contributed by atoms with E-state index in [-0.39, 0.29) is 5.69 Å². The number of aromatic nitrogens is 5. The maximum absolute atomic E-state index is 12.2. The van der Waals surface area contributed by atoms with Crippen molar-refractivity contribution in [3.63, 3.8) is 0 Å². The molecule has 7 nitrogen and oxygen atoms in total. The molecule has 0 aliphatic rings. The Morgan fingerprint density at radius 2 is 1.77 bits per heavy atom. The Bertz CT molecular complexity index is 1350. The summed E-state index contributed by atoms with van der Waals surface area (Å²) in [5, 5.41) is 5.35. The van der Waals surface area contributed by atoms with Gasteiger partial charge in [0, 0.05) is 23.7 Å². The van der Waals surface area contributed by atoms with Gasteiger partial charge in [-0.3, -0.25) is 14.8 Å². The summed E-state index contributed by atoms with van der Waals surface area (Å²) in [4.78, 5) is 34.1. The van der Waals surface area contributed by atoms with Crippen molar-refractivity contribution in [2.24, 2.45) is 0 Å². The fraction of sp³-hybridized carbons (Fsp3) is 0.304. The summed E-state index contributed by atoms with van der Waals surface area (Å²) < 4.78 is 1.24. The highest BCUT2D eigenvalue weighted by atomic mass is 16.2. The minimum atomic E-state index is -0.544. The Labute approximate surface area is 173 Å². The quantitative estimate of drug-likeness (QED) is 0.545. The van der Waals surface area contributed by atoms with Crippen LogP contribution in [0.1, 0.15) is 53.4 Å². The van der Waals surface area contributed by atoms with Crippen LogP contribution in [0.3, 0.4) is 0 Å². The van der Waals surface area contributed by atoms with Crippen LogP contribution in [0.2, 0.25) is 0 Å². The molecule has 3 aromatic heterocycles. The van der Waals surface area contributed by atoms with Crippen LogP contribution in [-0.4, -0.2) is 24.7 Å². The Morgan fingerprint density at radius 3 is 2.43 bits per heavy atom. The zero-order valence-electron chi connectivity index (χ0n) is 17.8. The van der Waals surface area contributed by atoms with Crippen LogP contribution in [-0.2, 0) is 6.42 Å². The highest BCUT2D eigenvalue weighted by molar-refractivity contribution is 5.83. The number of fused-ring (bicyclic) bond motifs is 1. The normalized spacial score (nSPS) is 11.5. The lowest BCUT2D eigenvalue weighted by molar-refractivity contribution is 0.726. The molecular weight excluding hydrogens is 378 g/mol. The van der Waals surface area contributed by atoms with Crippen LogP contribution in [0, 0.1) is 20.8 Å². The van der Waals surface area contributed by atoms with Crippen LogP contribution < -0.4 is 11.2 Å². The molecule has 3 heterocycles. The van der Waals surface area contributed by atoms with Gasteiger partial charge >= 0.3 is 5.69 Å². The lowest BCUT2D eigenvalue weighted by atomic mass is 9.96. The molecule has 0 saturated carbocycles. The molecule has 0 fully saturated rings. The van der Waals surface area contributed by atoms with Crippen molar-refractivity contribution < 1.29 is 0 Å². The van der Waals surface area contributed by atoms with Gasteiger partial charge in [-0.2, -0.15) is 9.78 Å². The summed E-state index contributed by atoms with van der Waals surface area (Å²) in [5.41, 5.74) is 6.46. The van der Waals surface area contributed by atoms with E-state index in [1.54, 1.807) is 6.92 Å². The average molecular weight is 403 g/mol. The zero-order valence-corrected chi connectivity index (χ0v) is 17.8. The van der Waals surface area contributed by atoms with E-state index < -0.39 is 11.2 Å². The van der Waals surface area contributed by atoms with Crippen LogP contribution >= 0.6 is 0 Å². The fourth-order valence-electron chi connectivity index (χ4n) is 3.87. The fourth-order valence-corrected chi connectivity index (χ4v) is 3.87. The first-order chi connectivity index (χ1) is 14.2. The van der Waals surface area contributed by atoms with Gasteiger partial charge in [0.15, 0.2) is 0 Å². The lowest BCUT2D eigenvalue weighted by Gasteiger charge is -2.13. The third kappa shape index (κ3) is 3.47. The van der Waals surface area contributed by atoms with Crippen LogP contribution in [0.5, 0.6) is 0 Å². The minimum absolute atomic E-state index is 0.249. The number of nitrogens with zero attached hydrogens (tertiary/aromatic N) is 3. The summed E-state index contributed by atoms with van der Waals surface area (Å²) in [6.07, 6.45) is 4.65. The number of pyridine rings is 1. The standard InChI is InChI=1S/C23H25N5O2/c1-12(2)20-10-25-21-11-24-16(9-19(20)21)8-18-13(3)6-17(7-14(18)4)28-23(30)26-22(29)15(5)27-28/h6-7,9-12,25H,8H2,1-5H3,(H,26,29,30). The number of benzene rings is 1. The summed E-state index contributed by atoms with van der Waals surface area (Å²) in [6.45, 7) is 9.99. The highest BCUT2D eigenvalue weighted by Crippen LogP contribution is 2.27. The van der Waals surface area contributed by atoms with E-state index in [0.29, 0.717) is 18.0 Å². The van der Waals surface area contributed by atoms with Gasteiger partial charge in [0.05, 0.1) is 17.4 Å². The molecule has 1 aromatic carbocycles. The Hall–Kier alpha value is -3.48. The molecule has 30 heavy (non-hydrogen) atoms. The summed E-state index contributed by atoms with van der Waals surface area (Å²) in [5.74, 6) is 0.434. The third-order valence-corrected chi connectivity index (χ3v) is 5.55. The average Bonchev–Trinajstić information content (AvgIpc) is 3.11. The first-order valence-corrected chi connectivity index (χ1v) is 10.0. The Balaban J connectivity index is 1.74. The summed E-state index contributed by atoms with van der Waals surface area (Å²) >= 11 is 0. The molecule has 0 aliphatic carbocycles. The summed E-state index contributed by atoms with van der Waals surface area (Å²) in [7, 11) is 0. The number of nitrogens with one attached hydrogen (secondary N) is 2. The number of rotatable bonds is 4. The van der Waals surface area contributed by atoms with Gasteiger partial charge in [-0.15, -0.1) is 0 Å². The molecule has 7 heteroatoms. The van der Waals surface area contributed by atoms with E-state index in [1.807, 2.05) is 32.2 Å². The molecule has 4 aromatic rings. The van der Waals surface area contributed by atoms with Gasteiger partial charge in [0.1, 0.15) is 5.69 Å². The maximum atomic E-state index is 12.2. The van der Waals surface area contributed by atoms with Crippen molar-refractivity contribution in [2.45, 2.75) is 47.0 Å². The van der Waals surface area contributed by atoms with Crippen molar-refractivity contribution >= 4 is 10.9 Å². The molecule has 4 rings (SSSR count). The van der Waals surface area contributed by atoms with Gasteiger partial charge < -0.3 is 4.98 Å². The van der Waals surface area contributed by atoms with Crippen molar-refractivity contribution in [2.75, 3.05) is 0 Å². The Morgan fingerprint density at radius 1 is 1.07 bits per heavy atom. The van der Waals surface area contributed by atoms with Gasteiger partial charge in [-0.1, -0.05) is 13.8 Å². The van der Waals surface area contributed by atoms with Crippen LogP contribution in [0.25, 0.3) is 16.6 Å². The largest absolute Gasteiger partial charge is 0.360 e. The monoisotopic (exact) mass is 403 g/mol. The molecule has 0 unspecified atom stereocenters. The molecule has 0 radical (unpaired) electrons. The first-order valence-electron chi connectivity index (χ1n) is 10.0. The van der Waals surface area contributed by atoms with Crippen molar-refractivity contribution in [3.05, 3.63) is 85.1 Å². The predicted molar refractivity (Wildman–Crippen MR) is 118 cm³/mol. The van der Waals surface area contributed by atoms with Gasteiger partial charge in [0.25, 0.3) is 5.56 Å². The molecule has 0 aliphatic heterocycles. The lowest BCUT2D eigenvalue weighted by Crippen LogP contribution is -2.33. The van der Waals surface area contributed by atoms with Crippen molar-refractivity contribution in [1.29, 1.82) is 0 Å². The second kappa shape index (κ2) is 7.40. The van der Waals surface area contributed by atoms with E-state index in [1.165, 1.54) is 21.2 Å². The van der Waals surface area contributed by atoms with Gasteiger partial charge in [-0.05, 0) is 67.1 Å².